The third-order valence-corrected chi connectivity index (χ3v) is 3.67. The third kappa shape index (κ3) is 4.13. The Morgan fingerprint density at radius 3 is 1.83 bits per heavy atom. The molecule has 0 radical (unpaired) electrons. The highest BCUT2D eigenvalue weighted by Gasteiger charge is 2.22. The molecule has 0 amide bonds. The highest BCUT2D eigenvalue weighted by atomic mass is 35.5. The van der Waals surface area contributed by atoms with Gasteiger partial charge in [0, 0.05) is 6.42 Å². The van der Waals surface area contributed by atoms with Crippen LogP contribution in [0.5, 0.6) is 0 Å². The molecule has 0 heterocycles. The second-order valence-electron chi connectivity index (χ2n) is 6.57. The quantitative estimate of drug-likeness (QED) is 0.715. The second-order valence-corrected chi connectivity index (χ2v) is 6.99. The Morgan fingerprint density at radius 2 is 1.44 bits per heavy atom. The van der Waals surface area contributed by atoms with E-state index in [9.17, 15) is 4.79 Å². The van der Waals surface area contributed by atoms with E-state index in [1.54, 1.807) is 0 Å². The van der Waals surface area contributed by atoms with Gasteiger partial charge in [-0.1, -0.05) is 58.9 Å². The molecule has 18 heavy (non-hydrogen) atoms. The Bertz CT molecular complexity index is 410. The standard InChI is InChI=1S/C16H23ClO/c1-15(2,3)12-6-8-13(9-7-12)16(4,5)11-10-14(17)18/h6-9H,10-11H2,1-5H3. The number of hydrogen-bond acceptors (Lipinski definition) is 1. The minimum atomic E-state index is -0.255. The number of carbonyl (C=O) groups excluding carboxylic acids is 1. The van der Waals surface area contributed by atoms with Crippen molar-refractivity contribution < 1.29 is 4.79 Å². The molecular weight excluding hydrogens is 244 g/mol. The highest BCUT2D eigenvalue weighted by Crippen LogP contribution is 2.31. The fourth-order valence-electron chi connectivity index (χ4n) is 1.98. The fraction of sp³-hybridized carbons (Fsp3) is 0.562. The first-order valence-electron chi connectivity index (χ1n) is 6.42. The Kier molecular flexibility index (Phi) is 4.61. The lowest BCUT2D eigenvalue weighted by atomic mass is 9.78. The van der Waals surface area contributed by atoms with Crippen LogP contribution in [0.25, 0.3) is 0 Å². The number of hydrogen-bond donors (Lipinski definition) is 0. The van der Waals surface area contributed by atoms with Crippen LogP contribution in [0.3, 0.4) is 0 Å². The van der Waals surface area contributed by atoms with Crippen molar-refractivity contribution >= 4 is 16.8 Å². The molecule has 1 rings (SSSR count). The van der Waals surface area contributed by atoms with Crippen molar-refractivity contribution in [3.63, 3.8) is 0 Å². The van der Waals surface area contributed by atoms with Crippen LogP contribution < -0.4 is 0 Å². The summed E-state index contributed by atoms with van der Waals surface area (Å²) in [6.45, 7) is 10.9. The predicted molar refractivity (Wildman–Crippen MR) is 78.3 cm³/mol. The van der Waals surface area contributed by atoms with Gasteiger partial charge in [-0.25, -0.2) is 0 Å². The van der Waals surface area contributed by atoms with Crippen LogP contribution in [0.1, 0.15) is 58.6 Å². The zero-order valence-corrected chi connectivity index (χ0v) is 12.8. The van der Waals surface area contributed by atoms with Crippen LogP contribution >= 0.6 is 11.6 Å². The summed E-state index contributed by atoms with van der Waals surface area (Å²) < 4.78 is 0. The largest absolute Gasteiger partial charge is 0.281 e. The number of carbonyl (C=O) groups is 1. The summed E-state index contributed by atoms with van der Waals surface area (Å²) in [5.74, 6) is 0. The minimum Gasteiger partial charge on any atom is -0.281 e. The molecule has 1 aromatic rings. The van der Waals surface area contributed by atoms with Gasteiger partial charge < -0.3 is 0 Å². The van der Waals surface area contributed by atoms with Gasteiger partial charge in [0.2, 0.25) is 5.24 Å². The van der Waals surface area contributed by atoms with Crippen molar-refractivity contribution in [3.8, 4) is 0 Å². The average molecular weight is 267 g/mol. The molecule has 0 saturated carbocycles. The molecule has 2 heteroatoms. The summed E-state index contributed by atoms with van der Waals surface area (Å²) in [6.07, 6.45) is 1.21. The molecule has 100 valence electrons. The molecule has 0 spiro atoms. The van der Waals surface area contributed by atoms with Gasteiger partial charge in [0.25, 0.3) is 0 Å². The first-order valence-corrected chi connectivity index (χ1v) is 6.80. The van der Waals surface area contributed by atoms with Crippen LogP contribution in [-0.2, 0) is 15.6 Å². The third-order valence-electron chi connectivity index (χ3n) is 3.48. The molecule has 0 aromatic heterocycles. The van der Waals surface area contributed by atoms with Crippen LogP contribution in [0.15, 0.2) is 24.3 Å². The lowest BCUT2D eigenvalue weighted by Crippen LogP contribution is -2.19. The van der Waals surface area contributed by atoms with Gasteiger partial charge in [0.15, 0.2) is 0 Å². The molecule has 0 saturated heterocycles. The SMILES string of the molecule is CC(C)(C)c1ccc(C(C)(C)CCC(=O)Cl)cc1. The molecule has 0 N–H and O–H groups in total. The fourth-order valence-corrected chi connectivity index (χ4v) is 2.07. The first kappa shape index (κ1) is 15.2. The van der Waals surface area contributed by atoms with Crippen molar-refractivity contribution in [3.05, 3.63) is 35.4 Å². The van der Waals surface area contributed by atoms with E-state index in [-0.39, 0.29) is 16.1 Å². The smallest absolute Gasteiger partial charge is 0.221 e. The highest BCUT2D eigenvalue weighted by molar-refractivity contribution is 6.63. The molecule has 0 aliphatic rings. The Labute approximate surface area is 116 Å². The Hall–Kier alpha value is -0.820. The summed E-state index contributed by atoms with van der Waals surface area (Å²) in [7, 11) is 0. The van der Waals surface area contributed by atoms with Gasteiger partial charge in [-0.2, -0.15) is 0 Å². The molecule has 1 aromatic carbocycles. The lowest BCUT2D eigenvalue weighted by molar-refractivity contribution is -0.112. The van der Waals surface area contributed by atoms with E-state index in [0.717, 1.165) is 6.42 Å². The van der Waals surface area contributed by atoms with Gasteiger partial charge in [0.05, 0.1) is 0 Å². The Balaban J connectivity index is 2.87. The van der Waals surface area contributed by atoms with Crippen LogP contribution in [0, 0.1) is 0 Å². The zero-order chi connectivity index (χ0) is 14.0. The first-order chi connectivity index (χ1) is 8.13. The number of halogens is 1. The monoisotopic (exact) mass is 266 g/mol. The van der Waals surface area contributed by atoms with Crippen LogP contribution in [0.4, 0.5) is 0 Å². The Morgan fingerprint density at radius 1 is 1.00 bits per heavy atom. The zero-order valence-electron chi connectivity index (χ0n) is 12.0. The maximum absolute atomic E-state index is 10.9. The molecular formula is C16H23ClO. The van der Waals surface area contributed by atoms with Crippen LogP contribution in [0.2, 0.25) is 0 Å². The van der Waals surface area contributed by atoms with Crippen molar-refractivity contribution in [2.24, 2.45) is 0 Å². The van der Waals surface area contributed by atoms with Crippen molar-refractivity contribution in [1.29, 1.82) is 0 Å². The van der Waals surface area contributed by atoms with E-state index in [1.165, 1.54) is 11.1 Å². The molecule has 0 fully saturated rings. The molecule has 0 aliphatic carbocycles. The predicted octanol–water partition coefficient (Wildman–Crippen LogP) is 4.81. The molecule has 1 nitrogen and oxygen atoms in total. The average Bonchev–Trinajstić information content (AvgIpc) is 2.26. The van der Waals surface area contributed by atoms with E-state index in [2.05, 4.69) is 58.9 Å². The van der Waals surface area contributed by atoms with Crippen molar-refractivity contribution in [1.82, 2.24) is 0 Å². The normalized spacial score (nSPS) is 12.6. The van der Waals surface area contributed by atoms with Gasteiger partial charge in [0.1, 0.15) is 0 Å². The summed E-state index contributed by atoms with van der Waals surface area (Å²) in [6, 6.07) is 8.69. The maximum Gasteiger partial charge on any atom is 0.221 e. The number of rotatable bonds is 4. The van der Waals surface area contributed by atoms with E-state index in [0.29, 0.717) is 6.42 Å². The number of benzene rings is 1. The lowest BCUT2D eigenvalue weighted by Gasteiger charge is -2.26. The molecule has 0 aliphatic heterocycles. The topological polar surface area (TPSA) is 17.1 Å². The van der Waals surface area contributed by atoms with Crippen molar-refractivity contribution in [2.45, 2.75) is 58.3 Å². The van der Waals surface area contributed by atoms with E-state index >= 15 is 0 Å². The van der Waals surface area contributed by atoms with E-state index in [4.69, 9.17) is 11.6 Å². The van der Waals surface area contributed by atoms with E-state index < -0.39 is 0 Å². The summed E-state index contributed by atoms with van der Waals surface area (Å²) in [5, 5.41) is -0.255. The maximum atomic E-state index is 10.9. The summed E-state index contributed by atoms with van der Waals surface area (Å²) in [5.41, 5.74) is 2.75. The van der Waals surface area contributed by atoms with Crippen LogP contribution in [-0.4, -0.2) is 5.24 Å². The molecule has 0 atom stereocenters. The van der Waals surface area contributed by atoms with Gasteiger partial charge in [-0.15, -0.1) is 0 Å². The summed E-state index contributed by atoms with van der Waals surface area (Å²) in [4.78, 5) is 10.9. The van der Waals surface area contributed by atoms with Crippen molar-refractivity contribution in [2.75, 3.05) is 0 Å². The van der Waals surface area contributed by atoms with Gasteiger partial charge in [-0.3, -0.25) is 4.79 Å². The van der Waals surface area contributed by atoms with Gasteiger partial charge in [-0.05, 0) is 40.0 Å². The molecule has 0 bridgehead atoms. The second kappa shape index (κ2) is 5.44. The van der Waals surface area contributed by atoms with Gasteiger partial charge >= 0.3 is 0 Å². The van der Waals surface area contributed by atoms with E-state index in [1.807, 2.05) is 0 Å². The summed E-state index contributed by atoms with van der Waals surface area (Å²) >= 11 is 5.42. The minimum absolute atomic E-state index is 0.0129. The molecule has 0 unspecified atom stereocenters.